The zero-order valence-corrected chi connectivity index (χ0v) is 54.6. The first-order valence-corrected chi connectivity index (χ1v) is 37.6. The molecular weight excluding hydrogens is 1070 g/mol. The van der Waals surface area contributed by atoms with E-state index in [-0.39, 0.29) is 25.7 Å². The number of benzene rings is 1. The normalized spacial score (nSPS) is 14.9. The average molecular weight is 1200 g/mol. The van der Waals surface area contributed by atoms with Gasteiger partial charge >= 0.3 is 34.4 Å². The molecule has 0 aliphatic carbocycles. The van der Waals surface area contributed by atoms with Crippen molar-refractivity contribution in [1.82, 2.24) is 0 Å². The summed E-state index contributed by atoms with van der Waals surface area (Å²) in [6.07, 6.45) is 44.9. The quantitative estimate of drug-likeness (QED) is 0.0227. The Hall–Kier alpha value is 0.460. The zero-order chi connectivity index (χ0) is 57.9. The van der Waals surface area contributed by atoms with Gasteiger partial charge in [0.2, 0.25) is 0 Å². The number of hydrogen-bond donors (Lipinski definition) is 8. The lowest BCUT2D eigenvalue weighted by Gasteiger charge is -2.59. The van der Waals surface area contributed by atoms with E-state index in [9.17, 15) is 39.1 Å². The SMILES string of the molecule is CCCCCCCCCCCCCC(OP(O)O)C(C(CCCCCCCCCCCCC)OP(O)O)(C(CCCCCCCCCCCCC)OP(O)O)C(CCCCCCCCCCCCC)(OP(O)O)c1ccccc1. The van der Waals surface area contributed by atoms with Gasteiger partial charge in [-0.15, -0.1) is 0 Å². The Morgan fingerprint density at radius 3 is 0.759 bits per heavy atom. The smallest absolute Gasteiger partial charge is 0.327 e. The fourth-order valence-corrected chi connectivity index (χ4v) is 14.7. The van der Waals surface area contributed by atoms with Crippen molar-refractivity contribution in [3.8, 4) is 0 Å². The largest absolute Gasteiger partial charge is 0.328 e. The van der Waals surface area contributed by atoms with Crippen LogP contribution < -0.4 is 0 Å². The number of rotatable bonds is 61. The summed E-state index contributed by atoms with van der Waals surface area (Å²) >= 11 is 0. The predicted octanol–water partition coefficient (Wildman–Crippen LogP) is 20.7. The summed E-state index contributed by atoms with van der Waals surface area (Å²) in [5.74, 6) is 0. The average Bonchev–Trinajstić information content (AvgIpc) is 3.56. The first-order chi connectivity index (χ1) is 38.5. The van der Waals surface area contributed by atoms with Crippen molar-refractivity contribution in [2.45, 2.75) is 360 Å². The minimum Gasteiger partial charge on any atom is -0.328 e. The maximum Gasteiger partial charge on any atom is 0.327 e. The van der Waals surface area contributed by atoms with Crippen LogP contribution in [0.2, 0.25) is 0 Å². The Morgan fingerprint density at radius 2 is 0.532 bits per heavy atom. The second-order valence-electron chi connectivity index (χ2n) is 23.3. The van der Waals surface area contributed by atoms with Gasteiger partial charge in [0.05, 0.1) is 23.7 Å². The summed E-state index contributed by atoms with van der Waals surface area (Å²) in [6, 6.07) is 9.32. The van der Waals surface area contributed by atoms with Crippen LogP contribution >= 0.6 is 34.4 Å². The van der Waals surface area contributed by atoms with Crippen molar-refractivity contribution in [2.75, 3.05) is 0 Å². The first-order valence-electron chi connectivity index (χ1n) is 32.9. The molecule has 1 aromatic carbocycles. The summed E-state index contributed by atoms with van der Waals surface area (Å²) in [5.41, 5.74) is -3.14. The molecule has 16 heteroatoms. The maximum atomic E-state index is 11.5. The summed E-state index contributed by atoms with van der Waals surface area (Å²) in [5, 5.41) is 0. The molecule has 12 nitrogen and oxygen atoms in total. The van der Waals surface area contributed by atoms with E-state index in [2.05, 4.69) is 27.7 Å². The van der Waals surface area contributed by atoms with Gasteiger partial charge in [-0.2, -0.15) is 0 Å². The van der Waals surface area contributed by atoms with Gasteiger partial charge in [-0.3, -0.25) is 0 Å². The second-order valence-corrected chi connectivity index (χ2v) is 26.1. The van der Waals surface area contributed by atoms with Crippen molar-refractivity contribution in [1.29, 1.82) is 0 Å². The molecule has 0 bridgehead atoms. The molecule has 1 rings (SSSR count). The van der Waals surface area contributed by atoms with Gasteiger partial charge in [0.15, 0.2) is 0 Å². The van der Waals surface area contributed by atoms with Gasteiger partial charge in [0.1, 0.15) is 5.60 Å². The fourth-order valence-electron chi connectivity index (χ4n) is 12.5. The summed E-state index contributed by atoms with van der Waals surface area (Å²) in [6.45, 7) is 8.94. The molecular formula is C63H124O12P4. The van der Waals surface area contributed by atoms with Gasteiger partial charge in [0.25, 0.3) is 0 Å². The van der Waals surface area contributed by atoms with Crippen molar-refractivity contribution >= 4 is 34.4 Å². The molecule has 0 amide bonds. The minimum atomic E-state index is -3.17. The molecule has 0 aliphatic rings. The van der Waals surface area contributed by atoms with E-state index in [4.69, 9.17) is 18.1 Å². The van der Waals surface area contributed by atoms with Crippen molar-refractivity contribution in [3.05, 3.63) is 35.9 Å². The lowest BCUT2D eigenvalue weighted by atomic mass is 9.55. The first kappa shape index (κ1) is 77.5. The molecule has 0 fully saturated rings. The molecule has 0 heterocycles. The third kappa shape index (κ3) is 36.9. The predicted molar refractivity (Wildman–Crippen MR) is 336 cm³/mol. The molecule has 0 saturated carbocycles. The molecule has 0 spiro atoms. The van der Waals surface area contributed by atoms with Crippen LogP contribution in [0.3, 0.4) is 0 Å². The molecule has 1 aromatic rings. The lowest BCUT2D eigenvalue weighted by molar-refractivity contribution is -0.231. The minimum absolute atomic E-state index is 0.167. The highest BCUT2D eigenvalue weighted by molar-refractivity contribution is 7.40. The summed E-state index contributed by atoms with van der Waals surface area (Å²) in [4.78, 5) is 90.4. The third-order valence-electron chi connectivity index (χ3n) is 16.8. The highest BCUT2D eigenvalue weighted by atomic mass is 31.2. The summed E-state index contributed by atoms with van der Waals surface area (Å²) < 4.78 is 26.4. The summed E-state index contributed by atoms with van der Waals surface area (Å²) in [7, 11) is -12.4. The van der Waals surface area contributed by atoms with Crippen LogP contribution in [0.4, 0.5) is 0 Å². The highest BCUT2D eigenvalue weighted by Gasteiger charge is 2.68. The van der Waals surface area contributed by atoms with Crippen LogP contribution in [-0.4, -0.2) is 57.5 Å². The maximum absolute atomic E-state index is 11.5. The van der Waals surface area contributed by atoms with E-state index in [1.165, 1.54) is 154 Å². The molecule has 4 atom stereocenters. The van der Waals surface area contributed by atoms with Crippen LogP contribution in [0.1, 0.15) is 341 Å². The van der Waals surface area contributed by atoms with E-state index < -0.39 is 63.7 Å². The van der Waals surface area contributed by atoms with E-state index in [0.29, 0.717) is 31.2 Å². The molecule has 0 aromatic heterocycles. The van der Waals surface area contributed by atoms with E-state index in [1.807, 2.05) is 30.3 Å². The fraction of sp³-hybridized carbons (Fsp3) is 0.905. The van der Waals surface area contributed by atoms with Crippen LogP contribution in [-0.2, 0) is 23.7 Å². The second kappa shape index (κ2) is 53.9. The molecule has 4 unspecified atom stereocenters. The Balaban J connectivity index is 4.11. The Morgan fingerprint density at radius 1 is 0.304 bits per heavy atom. The molecule has 0 aliphatic heterocycles. The van der Waals surface area contributed by atoms with Crippen LogP contribution in [0, 0.1) is 5.41 Å². The third-order valence-corrected chi connectivity index (χ3v) is 18.6. The molecule has 468 valence electrons. The van der Waals surface area contributed by atoms with Gasteiger partial charge in [-0.05, 0) is 31.2 Å². The topological polar surface area (TPSA) is 199 Å². The van der Waals surface area contributed by atoms with Gasteiger partial charge in [-0.1, -0.05) is 341 Å². The Labute approximate surface area is 490 Å². The molecule has 0 radical (unpaired) electrons. The standard InChI is InChI=1S/C63H124O12P4/c1-5-9-13-17-21-25-29-33-37-41-48-54-59(72-76(64)65)63(60(73-77(66)67)55-49-42-38-34-30-26-22-18-14-10-6-2,61(74-78(68)69)56-50-43-39-35-31-27-23-19-15-11-7-3)62(75-79(70)71,58-52-46-45-47-53-58)57-51-44-40-36-32-28-24-20-16-12-8-4/h45-47,52-53,59-61,64-71H,5-44,48-51,54-57H2,1-4H3. The van der Waals surface area contributed by atoms with E-state index in [0.717, 1.165) is 103 Å². The van der Waals surface area contributed by atoms with Crippen molar-refractivity contribution < 1.29 is 57.2 Å². The molecule has 79 heavy (non-hydrogen) atoms. The van der Waals surface area contributed by atoms with Gasteiger partial charge < -0.3 is 57.2 Å². The zero-order valence-electron chi connectivity index (χ0n) is 51.1. The molecule has 8 N–H and O–H groups in total. The van der Waals surface area contributed by atoms with Gasteiger partial charge in [0, 0.05) is 0 Å². The van der Waals surface area contributed by atoms with Crippen LogP contribution in [0.15, 0.2) is 30.3 Å². The van der Waals surface area contributed by atoms with Crippen LogP contribution in [0.25, 0.3) is 0 Å². The highest BCUT2D eigenvalue weighted by Crippen LogP contribution is 2.65. The lowest BCUT2D eigenvalue weighted by Crippen LogP contribution is -2.67. The van der Waals surface area contributed by atoms with Gasteiger partial charge in [-0.25, -0.2) is 0 Å². The Kier molecular flexibility index (Phi) is 52.9. The van der Waals surface area contributed by atoms with Crippen molar-refractivity contribution in [2.24, 2.45) is 5.41 Å². The monoisotopic (exact) mass is 1200 g/mol. The van der Waals surface area contributed by atoms with Crippen molar-refractivity contribution in [3.63, 3.8) is 0 Å². The number of unbranched alkanes of at least 4 members (excludes halogenated alkanes) is 40. The van der Waals surface area contributed by atoms with E-state index >= 15 is 0 Å². The number of hydrogen-bond acceptors (Lipinski definition) is 12. The molecule has 0 saturated heterocycles. The van der Waals surface area contributed by atoms with Crippen LogP contribution in [0.5, 0.6) is 0 Å². The van der Waals surface area contributed by atoms with E-state index in [1.54, 1.807) is 0 Å². The Bertz CT molecular complexity index is 1320.